The summed E-state index contributed by atoms with van der Waals surface area (Å²) in [6, 6.07) is -4.23. The highest BCUT2D eigenvalue weighted by atomic mass is 16.3. The number of nitrogens with zero attached hydrogens (tertiary/aromatic N) is 1. The molecule has 1 fully saturated rings. The largest absolute Gasteiger partial charge is 0.376 e. The lowest BCUT2D eigenvalue weighted by molar-refractivity contribution is -0.130. The van der Waals surface area contributed by atoms with Gasteiger partial charge in [-0.15, -0.1) is 0 Å². The number of primary amides is 2. The van der Waals surface area contributed by atoms with Crippen molar-refractivity contribution in [2.45, 2.75) is 12.2 Å². The Labute approximate surface area is 100 Å². The van der Waals surface area contributed by atoms with Crippen LogP contribution in [0.1, 0.15) is 0 Å². The van der Waals surface area contributed by atoms with Gasteiger partial charge >= 0.3 is 18.1 Å². The second-order valence-electron chi connectivity index (χ2n) is 3.33. The highest BCUT2D eigenvalue weighted by molar-refractivity contribution is 6.04. The zero-order valence-corrected chi connectivity index (χ0v) is 9.04. The van der Waals surface area contributed by atoms with Crippen LogP contribution in [0, 0.1) is 0 Å². The van der Waals surface area contributed by atoms with Crippen LogP contribution in [0.4, 0.5) is 14.4 Å². The SMILES string of the molecule is NC(=O)NC(NC(N)=O)C1NC(=O)N(CO)C1=O. The topological polar surface area (TPSA) is 180 Å². The first-order valence-electron chi connectivity index (χ1n) is 4.71. The molecule has 1 unspecified atom stereocenters. The van der Waals surface area contributed by atoms with Gasteiger partial charge in [0.2, 0.25) is 0 Å². The van der Waals surface area contributed by atoms with E-state index in [9.17, 15) is 19.2 Å². The monoisotopic (exact) mass is 260 g/mol. The minimum atomic E-state index is -1.31. The fraction of sp³-hybridized carbons (Fsp3) is 0.429. The Balaban J connectivity index is 2.86. The Morgan fingerprint density at radius 3 is 2.17 bits per heavy atom. The molecule has 11 heteroatoms. The maximum Gasteiger partial charge on any atom is 0.326 e. The third kappa shape index (κ3) is 2.76. The highest BCUT2D eigenvalue weighted by Crippen LogP contribution is 2.07. The Morgan fingerprint density at radius 1 is 1.33 bits per heavy atom. The van der Waals surface area contributed by atoms with Crippen molar-refractivity contribution >= 4 is 24.0 Å². The first-order valence-corrected chi connectivity index (χ1v) is 4.71. The number of carbonyl (C=O) groups is 4. The molecular formula is C7H12N6O5. The van der Waals surface area contributed by atoms with Gasteiger partial charge in [-0.05, 0) is 0 Å². The molecule has 1 aliphatic heterocycles. The lowest BCUT2D eigenvalue weighted by Gasteiger charge is -2.22. The number of carbonyl (C=O) groups excluding carboxylic acids is 4. The molecule has 0 spiro atoms. The van der Waals surface area contributed by atoms with Crippen molar-refractivity contribution in [3.63, 3.8) is 0 Å². The number of hydrogen-bond acceptors (Lipinski definition) is 5. The average molecular weight is 260 g/mol. The first kappa shape index (κ1) is 13.5. The van der Waals surface area contributed by atoms with Crippen LogP contribution in [0.2, 0.25) is 0 Å². The van der Waals surface area contributed by atoms with E-state index in [1.165, 1.54) is 0 Å². The van der Waals surface area contributed by atoms with Crippen molar-refractivity contribution < 1.29 is 24.3 Å². The van der Waals surface area contributed by atoms with E-state index in [0.717, 1.165) is 0 Å². The van der Waals surface area contributed by atoms with Crippen LogP contribution in [-0.2, 0) is 4.79 Å². The van der Waals surface area contributed by atoms with E-state index in [4.69, 9.17) is 16.6 Å². The third-order valence-electron chi connectivity index (χ3n) is 2.13. The summed E-state index contributed by atoms with van der Waals surface area (Å²) >= 11 is 0. The summed E-state index contributed by atoms with van der Waals surface area (Å²) in [5, 5.41) is 15.0. The zero-order chi connectivity index (χ0) is 13.9. The summed E-state index contributed by atoms with van der Waals surface area (Å²) in [5.41, 5.74) is 9.71. The first-order chi connectivity index (χ1) is 8.36. The van der Waals surface area contributed by atoms with Gasteiger partial charge in [0.15, 0.2) is 0 Å². The highest BCUT2D eigenvalue weighted by Gasteiger charge is 2.43. The number of aliphatic hydroxyl groups is 1. The number of urea groups is 3. The van der Waals surface area contributed by atoms with Crippen LogP contribution in [0.5, 0.6) is 0 Å². The van der Waals surface area contributed by atoms with Crippen LogP contribution in [-0.4, -0.2) is 52.9 Å². The van der Waals surface area contributed by atoms with Crippen molar-refractivity contribution in [3.8, 4) is 0 Å². The van der Waals surface area contributed by atoms with Gasteiger partial charge in [-0.1, -0.05) is 0 Å². The van der Waals surface area contributed by atoms with Crippen LogP contribution in [0.25, 0.3) is 0 Å². The zero-order valence-electron chi connectivity index (χ0n) is 9.04. The Morgan fingerprint density at radius 2 is 1.83 bits per heavy atom. The van der Waals surface area contributed by atoms with Crippen LogP contribution in [0.3, 0.4) is 0 Å². The number of nitrogens with two attached hydrogens (primary N) is 2. The van der Waals surface area contributed by atoms with E-state index in [1.54, 1.807) is 0 Å². The van der Waals surface area contributed by atoms with E-state index in [0.29, 0.717) is 4.90 Å². The molecular weight excluding hydrogens is 248 g/mol. The number of imide groups is 1. The molecule has 8 N–H and O–H groups in total. The van der Waals surface area contributed by atoms with Gasteiger partial charge in [0.1, 0.15) is 18.9 Å². The second kappa shape index (κ2) is 5.18. The van der Waals surface area contributed by atoms with Crippen LogP contribution in [0.15, 0.2) is 0 Å². The summed E-state index contributed by atoms with van der Waals surface area (Å²) in [5.74, 6) is -0.838. The summed E-state index contributed by atoms with van der Waals surface area (Å²) in [4.78, 5) is 44.8. The van der Waals surface area contributed by atoms with Crippen molar-refractivity contribution in [2.24, 2.45) is 11.5 Å². The molecule has 11 nitrogen and oxygen atoms in total. The van der Waals surface area contributed by atoms with E-state index in [-0.39, 0.29) is 0 Å². The Bertz CT molecular complexity index is 382. The van der Waals surface area contributed by atoms with Gasteiger partial charge in [0, 0.05) is 0 Å². The summed E-state index contributed by atoms with van der Waals surface area (Å²) in [6.45, 7) is -0.832. The third-order valence-corrected chi connectivity index (χ3v) is 2.13. The number of hydrogen-bond donors (Lipinski definition) is 6. The molecule has 0 radical (unpaired) electrons. The Hall–Kier alpha value is -2.56. The van der Waals surface area contributed by atoms with Gasteiger partial charge in [-0.3, -0.25) is 4.79 Å². The van der Waals surface area contributed by atoms with Crippen LogP contribution >= 0.6 is 0 Å². The quantitative estimate of drug-likeness (QED) is 0.226. The molecule has 0 aromatic carbocycles. The molecule has 1 saturated heterocycles. The Kier molecular flexibility index (Phi) is 3.89. The minimum absolute atomic E-state index is 0.489. The fourth-order valence-electron chi connectivity index (χ4n) is 1.41. The molecule has 100 valence electrons. The summed E-state index contributed by atoms with van der Waals surface area (Å²) < 4.78 is 0. The number of rotatable bonds is 4. The molecule has 1 atom stereocenters. The molecule has 1 rings (SSSR count). The lowest BCUT2D eigenvalue weighted by Crippen LogP contribution is -2.61. The summed E-state index contributed by atoms with van der Waals surface area (Å²) in [6.07, 6.45) is -1.31. The maximum atomic E-state index is 11.6. The maximum absolute atomic E-state index is 11.6. The minimum Gasteiger partial charge on any atom is -0.376 e. The molecule has 0 saturated carbocycles. The smallest absolute Gasteiger partial charge is 0.326 e. The van der Waals surface area contributed by atoms with Gasteiger partial charge < -0.3 is 32.5 Å². The van der Waals surface area contributed by atoms with Crippen molar-refractivity contribution in [2.75, 3.05) is 6.73 Å². The number of amides is 7. The predicted molar refractivity (Wildman–Crippen MR) is 55.5 cm³/mol. The van der Waals surface area contributed by atoms with Crippen LogP contribution < -0.4 is 27.4 Å². The van der Waals surface area contributed by atoms with E-state index in [1.807, 2.05) is 10.6 Å². The average Bonchev–Trinajstić information content (AvgIpc) is 2.51. The van der Waals surface area contributed by atoms with E-state index >= 15 is 0 Å². The molecule has 0 bridgehead atoms. The molecule has 1 heterocycles. The molecule has 0 aromatic heterocycles. The van der Waals surface area contributed by atoms with Gasteiger partial charge in [0.25, 0.3) is 5.91 Å². The van der Waals surface area contributed by atoms with Crippen molar-refractivity contribution in [1.82, 2.24) is 20.9 Å². The predicted octanol–water partition coefficient (Wildman–Crippen LogP) is -3.48. The van der Waals surface area contributed by atoms with Gasteiger partial charge in [0.05, 0.1) is 0 Å². The molecule has 0 aliphatic carbocycles. The number of nitrogens with one attached hydrogen (secondary N) is 3. The standard InChI is InChI=1S/C7H12N6O5/c8-5(16)11-3(12-6(9)17)2-4(15)13(1-14)7(18)10-2/h2-3,14H,1H2,(H,10,18)(H3,8,11,16)(H3,9,12,17). The normalized spacial score (nSPS) is 18.8. The van der Waals surface area contributed by atoms with Gasteiger partial charge in [-0.25, -0.2) is 19.3 Å². The van der Waals surface area contributed by atoms with Crippen molar-refractivity contribution in [1.29, 1.82) is 0 Å². The van der Waals surface area contributed by atoms with Gasteiger partial charge in [-0.2, -0.15) is 0 Å². The van der Waals surface area contributed by atoms with Crippen molar-refractivity contribution in [3.05, 3.63) is 0 Å². The molecule has 7 amide bonds. The number of aliphatic hydroxyl groups excluding tert-OH is 1. The summed E-state index contributed by atoms with van der Waals surface area (Å²) in [7, 11) is 0. The van der Waals surface area contributed by atoms with E-state index in [2.05, 4.69) is 5.32 Å². The lowest BCUT2D eigenvalue weighted by atomic mass is 10.2. The second-order valence-corrected chi connectivity index (χ2v) is 3.33. The molecule has 1 aliphatic rings. The van der Waals surface area contributed by atoms with E-state index < -0.39 is 42.9 Å². The molecule has 0 aromatic rings. The molecule has 18 heavy (non-hydrogen) atoms. The fourth-order valence-corrected chi connectivity index (χ4v) is 1.41.